The van der Waals surface area contributed by atoms with E-state index < -0.39 is 0 Å². The summed E-state index contributed by atoms with van der Waals surface area (Å²) in [4.78, 5) is 17.2. The predicted molar refractivity (Wildman–Crippen MR) is 108 cm³/mol. The lowest BCUT2D eigenvalue weighted by Gasteiger charge is -2.35. The minimum Gasteiger partial charge on any atom is -0.369 e. The van der Waals surface area contributed by atoms with Crippen molar-refractivity contribution in [2.24, 2.45) is 0 Å². The molecule has 1 heterocycles. The average molecular weight is 435 g/mol. The Hall–Kier alpha value is -1.60. The van der Waals surface area contributed by atoms with Gasteiger partial charge in [-0.1, -0.05) is 13.0 Å². The summed E-state index contributed by atoms with van der Waals surface area (Å²) in [5.41, 5.74) is 2.73. The Balaban J connectivity index is 1.61. The first kappa shape index (κ1) is 17.2. The predicted octanol–water partition coefficient (Wildman–Crippen LogP) is 3.69. The van der Waals surface area contributed by atoms with E-state index in [4.69, 9.17) is 0 Å². The number of hydrogen-bond acceptors (Lipinski definition) is 3. The number of likely N-dealkylation sites (N-methyl/N-ethyl adjacent to an activating group) is 1. The number of benzene rings is 2. The fourth-order valence-electron chi connectivity index (χ4n) is 2.91. The Morgan fingerprint density at radius 1 is 1.08 bits per heavy atom. The number of hydrogen-bond donors (Lipinski definition) is 1. The highest BCUT2D eigenvalue weighted by Gasteiger charge is 2.15. The molecule has 4 nitrogen and oxygen atoms in total. The number of nitrogens with zero attached hydrogens (tertiary/aromatic N) is 2. The van der Waals surface area contributed by atoms with Gasteiger partial charge in [0, 0.05) is 46.7 Å². The van der Waals surface area contributed by atoms with Crippen LogP contribution in [-0.2, 0) is 0 Å². The molecule has 126 valence electrons. The second-order valence-corrected chi connectivity index (χ2v) is 7.18. The molecule has 1 amide bonds. The van der Waals surface area contributed by atoms with Gasteiger partial charge in [0.2, 0.25) is 0 Å². The van der Waals surface area contributed by atoms with Crippen LogP contribution in [-0.4, -0.2) is 43.5 Å². The number of rotatable bonds is 4. The minimum atomic E-state index is -0.0715. The first-order valence-electron chi connectivity index (χ1n) is 8.30. The molecule has 1 aliphatic heterocycles. The van der Waals surface area contributed by atoms with Crippen molar-refractivity contribution in [3.05, 3.63) is 57.7 Å². The fraction of sp³-hybridized carbons (Fsp3) is 0.316. The van der Waals surface area contributed by atoms with Crippen LogP contribution in [0.1, 0.15) is 17.3 Å². The molecule has 1 saturated heterocycles. The molecule has 0 aromatic heterocycles. The summed E-state index contributed by atoms with van der Waals surface area (Å²) in [5.74, 6) is -0.0715. The maximum absolute atomic E-state index is 12.3. The molecule has 0 aliphatic carbocycles. The Kier molecular flexibility index (Phi) is 5.73. The highest BCUT2D eigenvalue weighted by molar-refractivity contribution is 14.1. The van der Waals surface area contributed by atoms with Gasteiger partial charge >= 0.3 is 0 Å². The molecule has 2 aromatic rings. The summed E-state index contributed by atoms with van der Waals surface area (Å²) < 4.78 is 1.06. The SMILES string of the molecule is CCN1CCN(c2ccc(NC(=O)c3cccc(I)c3)cc2)CC1. The van der Waals surface area contributed by atoms with Crippen LogP contribution in [0.4, 0.5) is 11.4 Å². The first-order chi connectivity index (χ1) is 11.7. The van der Waals surface area contributed by atoms with Gasteiger partial charge in [0.15, 0.2) is 0 Å². The molecule has 0 spiro atoms. The van der Waals surface area contributed by atoms with Gasteiger partial charge in [0.25, 0.3) is 5.91 Å². The topological polar surface area (TPSA) is 35.6 Å². The standard InChI is InChI=1S/C19H22IN3O/c1-2-22-10-12-23(13-11-22)18-8-6-17(7-9-18)21-19(24)15-4-3-5-16(20)14-15/h3-9,14H,2,10-13H2,1H3,(H,21,24). The van der Waals surface area contributed by atoms with Crippen LogP contribution < -0.4 is 10.2 Å². The smallest absolute Gasteiger partial charge is 0.255 e. The minimum absolute atomic E-state index is 0.0715. The third-order valence-electron chi connectivity index (χ3n) is 4.40. The van der Waals surface area contributed by atoms with Crippen LogP contribution >= 0.6 is 22.6 Å². The van der Waals surface area contributed by atoms with E-state index in [1.54, 1.807) is 0 Å². The Morgan fingerprint density at radius 3 is 2.42 bits per heavy atom. The Bertz CT molecular complexity index is 694. The maximum Gasteiger partial charge on any atom is 0.255 e. The first-order valence-corrected chi connectivity index (χ1v) is 9.38. The van der Waals surface area contributed by atoms with Gasteiger partial charge in [0.1, 0.15) is 0 Å². The van der Waals surface area contributed by atoms with E-state index in [1.165, 1.54) is 5.69 Å². The second-order valence-electron chi connectivity index (χ2n) is 5.93. The summed E-state index contributed by atoms with van der Waals surface area (Å²) in [6.45, 7) is 7.67. The number of piperazine rings is 1. The number of carbonyl (C=O) groups is 1. The van der Waals surface area contributed by atoms with Crippen molar-refractivity contribution in [1.82, 2.24) is 4.90 Å². The summed E-state index contributed by atoms with van der Waals surface area (Å²) in [6, 6.07) is 15.7. The molecule has 1 fully saturated rings. The average Bonchev–Trinajstić information content (AvgIpc) is 2.62. The van der Waals surface area contributed by atoms with E-state index in [0.717, 1.165) is 42.0 Å². The quantitative estimate of drug-likeness (QED) is 0.745. The van der Waals surface area contributed by atoms with Crippen molar-refractivity contribution in [3.8, 4) is 0 Å². The third kappa shape index (κ3) is 4.27. The van der Waals surface area contributed by atoms with Crippen molar-refractivity contribution in [2.45, 2.75) is 6.92 Å². The number of halogens is 1. The normalized spacial score (nSPS) is 15.3. The molecule has 1 N–H and O–H groups in total. The van der Waals surface area contributed by atoms with Gasteiger partial charge in [-0.15, -0.1) is 0 Å². The van der Waals surface area contributed by atoms with Gasteiger partial charge in [0.05, 0.1) is 0 Å². The molecular weight excluding hydrogens is 413 g/mol. The van der Waals surface area contributed by atoms with E-state index >= 15 is 0 Å². The summed E-state index contributed by atoms with van der Waals surface area (Å²) in [7, 11) is 0. The number of amides is 1. The maximum atomic E-state index is 12.3. The molecule has 0 atom stereocenters. The Labute approximate surface area is 157 Å². The molecule has 0 bridgehead atoms. The van der Waals surface area contributed by atoms with Gasteiger partial charge < -0.3 is 15.1 Å². The van der Waals surface area contributed by atoms with Crippen LogP contribution in [0.2, 0.25) is 0 Å². The highest BCUT2D eigenvalue weighted by atomic mass is 127. The van der Waals surface area contributed by atoms with E-state index in [2.05, 4.69) is 56.8 Å². The fourth-order valence-corrected chi connectivity index (χ4v) is 3.45. The number of anilines is 2. The van der Waals surface area contributed by atoms with Gasteiger partial charge in [-0.3, -0.25) is 4.79 Å². The molecule has 2 aromatic carbocycles. The van der Waals surface area contributed by atoms with Gasteiger partial charge in [-0.2, -0.15) is 0 Å². The molecular formula is C19H22IN3O. The molecule has 0 saturated carbocycles. The molecule has 0 radical (unpaired) electrons. The molecule has 3 rings (SSSR count). The lowest BCUT2D eigenvalue weighted by atomic mass is 10.2. The van der Waals surface area contributed by atoms with E-state index in [9.17, 15) is 4.79 Å². The van der Waals surface area contributed by atoms with Crippen LogP contribution in [0.15, 0.2) is 48.5 Å². The second kappa shape index (κ2) is 7.98. The van der Waals surface area contributed by atoms with Crippen molar-refractivity contribution in [3.63, 3.8) is 0 Å². The van der Waals surface area contributed by atoms with Crippen LogP contribution in [0.5, 0.6) is 0 Å². The highest BCUT2D eigenvalue weighted by Crippen LogP contribution is 2.20. The lowest BCUT2D eigenvalue weighted by Crippen LogP contribution is -2.46. The lowest BCUT2D eigenvalue weighted by molar-refractivity contribution is 0.102. The molecule has 1 aliphatic rings. The number of carbonyl (C=O) groups excluding carboxylic acids is 1. The molecule has 0 unspecified atom stereocenters. The van der Waals surface area contributed by atoms with Crippen molar-refractivity contribution in [1.29, 1.82) is 0 Å². The monoisotopic (exact) mass is 435 g/mol. The van der Waals surface area contributed by atoms with E-state index in [0.29, 0.717) is 5.56 Å². The summed E-state index contributed by atoms with van der Waals surface area (Å²) in [6.07, 6.45) is 0. The van der Waals surface area contributed by atoms with E-state index in [1.807, 2.05) is 36.4 Å². The largest absolute Gasteiger partial charge is 0.369 e. The third-order valence-corrected chi connectivity index (χ3v) is 5.07. The van der Waals surface area contributed by atoms with Crippen molar-refractivity contribution in [2.75, 3.05) is 42.9 Å². The molecule has 24 heavy (non-hydrogen) atoms. The summed E-state index contributed by atoms with van der Waals surface area (Å²) in [5, 5.41) is 2.96. The van der Waals surface area contributed by atoms with Crippen molar-refractivity contribution >= 4 is 39.9 Å². The number of nitrogens with one attached hydrogen (secondary N) is 1. The van der Waals surface area contributed by atoms with Crippen LogP contribution in [0.3, 0.4) is 0 Å². The van der Waals surface area contributed by atoms with Crippen LogP contribution in [0, 0.1) is 3.57 Å². The zero-order chi connectivity index (χ0) is 16.9. The van der Waals surface area contributed by atoms with Gasteiger partial charge in [-0.05, 0) is 71.6 Å². The van der Waals surface area contributed by atoms with Gasteiger partial charge in [-0.25, -0.2) is 0 Å². The van der Waals surface area contributed by atoms with Crippen molar-refractivity contribution < 1.29 is 4.79 Å². The van der Waals surface area contributed by atoms with E-state index in [-0.39, 0.29) is 5.91 Å². The zero-order valence-corrected chi connectivity index (χ0v) is 16.0. The molecule has 5 heteroatoms. The Morgan fingerprint density at radius 2 is 1.79 bits per heavy atom. The zero-order valence-electron chi connectivity index (χ0n) is 13.8. The summed E-state index contributed by atoms with van der Waals surface area (Å²) >= 11 is 2.21. The van der Waals surface area contributed by atoms with Crippen LogP contribution in [0.25, 0.3) is 0 Å².